The van der Waals surface area contributed by atoms with Crippen molar-refractivity contribution in [3.8, 4) is 11.3 Å². The van der Waals surface area contributed by atoms with Crippen LogP contribution in [-0.2, 0) is 24.2 Å². The summed E-state index contributed by atoms with van der Waals surface area (Å²) in [6, 6.07) is 13.2. The molecule has 2 aliphatic rings. The number of anilines is 1. The molecular formula is C39H52N8O9S. The Morgan fingerprint density at radius 3 is 1.95 bits per heavy atom. The fraction of sp³-hybridized carbons (Fsp3) is 0.487. The number of H-pyrrole nitrogens is 1. The molecule has 0 saturated carbocycles. The highest BCUT2D eigenvalue weighted by Gasteiger charge is 2.42. The van der Waals surface area contributed by atoms with Gasteiger partial charge < -0.3 is 24.1 Å². The number of guanidine groups is 1. The van der Waals surface area contributed by atoms with E-state index in [1.807, 2.05) is 12.1 Å². The normalized spacial score (nSPS) is 18.0. The van der Waals surface area contributed by atoms with Crippen LogP contribution in [0.3, 0.4) is 0 Å². The topological polar surface area (TPSA) is 214 Å². The zero-order chi connectivity index (χ0) is 41.7. The number of aliphatic imine (C=N–C) groups is 1. The van der Waals surface area contributed by atoms with Crippen LogP contribution in [0.2, 0.25) is 0 Å². The largest absolute Gasteiger partial charge is 0.453 e. The molecule has 2 aromatic carbocycles. The average molecular weight is 809 g/mol. The number of piperidine rings is 1. The lowest BCUT2D eigenvalue weighted by atomic mass is 9.83. The van der Waals surface area contributed by atoms with Crippen molar-refractivity contribution in [2.75, 3.05) is 38.3 Å². The van der Waals surface area contributed by atoms with Crippen LogP contribution in [0.5, 0.6) is 0 Å². The number of carbonyl (C=O) groups is 4. The smallest absolute Gasteiger partial charge is 0.414 e. The number of aromatic nitrogens is 2. The summed E-state index contributed by atoms with van der Waals surface area (Å²) in [6.45, 7) is 11.5. The van der Waals surface area contributed by atoms with E-state index in [-0.39, 0.29) is 23.7 Å². The Bertz CT molecular complexity index is 2030. The van der Waals surface area contributed by atoms with E-state index in [4.69, 9.17) is 14.5 Å². The number of sulfonamides is 1. The SMILES string of the molecule is COC(=O)Nc1ccc(-c2cnc([C@H]3C[C@@H](C4CCN(S(C)(=O)=O)CC4)CN3C(=O)c3ccc(N=C(NC(=O)OC(C)(C)C)NC(=O)OC(C)(C)C)cc3)[nH]2)cc1. The summed E-state index contributed by atoms with van der Waals surface area (Å²) in [7, 11) is -2.01. The fourth-order valence-electron chi connectivity index (χ4n) is 6.79. The number of likely N-dealkylation sites (tertiary alicyclic amines) is 1. The number of hydrogen-bond acceptors (Lipinski definition) is 11. The van der Waals surface area contributed by atoms with Gasteiger partial charge in [-0.25, -0.2) is 37.1 Å². The first-order valence-corrected chi connectivity index (χ1v) is 20.5. The van der Waals surface area contributed by atoms with Gasteiger partial charge in [0.2, 0.25) is 16.0 Å². The van der Waals surface area contributed by atoms with Gasteiger partial charge in [-0.1, -0.05) is 12.1 Å². The van der Waals surface area contributed by atoms with Crippen LogP contribution >= 0.6 is 0 Å². The highest BCUT2D eigenvalue weighted by atomic mass is 32.2. The number of nitrogens with zero attached hydrogens (tertiary/aromatic N) is 4. The van der Waals surface area contributed by atoms with E-state index in [1.54, 1.807) is 89.0 Å². The molecule has 17 nitrogen and oxygen atoms in total. The Kier molecular flexibility index (Phi) is 13.0. The van der Waals surface area contributed by atoms with E-state index in [1.165, 1.54) is 17.7 Å². The third-order valence-electron chi connectivity index (χ3n) is 9.36. The number of alkyl carbamates (subject to hydrolysis) is 2. The number of benzene rings is 2. The highest BCUT2D eigenvalue weighted by molar-refractivity contribution is 7.88. The molecule has 57 heavy (non-hydrogen) atoms. The summed E-state index contributed by atoms with van der Waals surface area (Å²) < 4.78 is 41.3. The molecule has 0 radical (unpaired) electrons. The predicted octanol–water partition coefficient (Wildman–Crippen LogP) is 6.17. The molecule has 2 saturated heterocycles. The number of rotatable bonds is 7. The first kappa shape index (κ1) is 42.6. The Labute approximate surface area is 333 Å². The number of hydrogen-bond donors (Lipinski definition) is 4. The lowest BCUT2D eigenvalue weighted by molar-refractivity contribution is 0.0544. The third-order valence-corrected chi connectivity index (χ3v) is 10.7. The zero-order valence-corrected chi connectivity index (χ0v) is 34.4. The third kappa shape index (κ3) is 12.0. The van der Waals surface area contributed by atoms with E-state index in [2.05, 4.69) is 30.7 Å². The molecule has 2 atom stereocenters. The maximum absolute atomic E-state index is 14.3. The van der Waals surface area contributed by atoms with Crippen molar-refractivity contribution in [1.29, 1.82) is 0 Å². The summed E-state index contributed by atoms with van der Waals surface area (Å²) in [5.74, 6) is 0.449. The Morgan fingerprint density at radius 1 is 0.842 bits per heavy atom. The molecule has 3 aromatic rings. The predicted molar refractivity (Wildman–Crippen MR) is 213 cm³/mol. The molecule has 308 valence electrons. The maximum atomic E-state index is 14.3. The summed E-state index contributed by atoms with van der Waals surface area (Å²) in [5.41, 5.74) is 1.20. The van der Waals surface area contributed by atoms with Gasteiger partial charge in [-0.2, -0.15) is 0 Å². The summed E-state index contributed by atoms with van der Waals surface area (Å²) in [4.78, 5) is 65.5. The van der Waals surface area contributed by atoms with Crippen molar-refractivity contribution in [1.82, 2.24) is 29.8 Å². The van der Waals surface area contributed by atoms with Crippen LogP contribution in [0.15, 0.2) is 59.7 Å². The Morgan fingerprint density at radius 2 is 1.42 bits per heavy atom. The average Bonchev–Trinajstić information content (AvgIpc) is 3.78. The molecule has 18 heteroatoms. The Balaban J connectivity index is 1.38. The highest BCUT2D eigenvalue weighted by Crippen LogP contribution is 2.42. The van der Waals surface area contributed by atoms with Crippen LogP contribution in [0.4, 0.5) is 25.8 Å². The van der Waals surface area contributed by atoms with Crippen molar-refractivity contribution in [2.45, 2.75) is 78.0 Å². The number of nitrogens with one attached hydrogen (secondary N) is 4. The molecule has 4 amide bonds. The first-order chi connectivity index (χ1) is 26.7. The zero-order valence-electron chi connectivity index (χ0n) is 33.5. The molecule has 0 spiro atoms. The first-order valence-electron chi connectivity index (χ1n) is 18.6. The minimum Gasteiger partial charge on any atom is -0.453 e. The number of carbonyl (C=O) groups excluding carboxylic acids is 4. The van der Waals surface area contributed by atoms with Crippen LogP contribution in [0, 0.1) is 11.8 Å². The molecule has 1 aromatic heterocycles. The van der Waals surface area contributed by atoms with E-state index in [0.717, 1.165) is 11.3 Å². The van der Waals surface area contributed by atoms with E-state index < -0.39 is 45.5 Å². The number of methoxy groups -OCH3 is 1. The lowest BCUT2D eigenvalue weighted by Crippen LogP contribution is -2.47. The monoisotopic (exact) mass is 808 g/mol. The molecule has 5 rings (SSSR count). The summed E-state index contributed by atoms with van der Waals surface area (Å²) >= 11 is 0. The van der Waals surface area contributed by atoms with Gasteiger partial charge in [0.25, 0.3) is 5.91 Å². The van der Waals surface area contributed by atoms with Crippen molar-refractivity contribution in [3.63, 3.8) is 0 Å². The van der Waals surface area contributed by atoms with Crippen LogP contribution < -0.4 is 16.0 Å². The molecule has 0 bridgehead atoms. The maximum Gasteiger partial charge on any atom is 0.414 e. The van der Waals surface area contributed by atoms with Gasteiger partial charge in [-0.05, 0) is 115 Å². The molecule has 4 N–H and O–H groups in total. The van der Waals surface area contributed by atoms with Gasteiger partial charge in [-0.15, -0.1) is 0 Å². The number of ether oxygens (including phenoxy) is 3. The number of aromatic amines is 1. The minimum atomic E-state index is -3.29. The standard InChI is InChI=1S/C39H52N8O9S/c1-38(2,3)55-36(50)44-34(45-37(51)56-39(4,5)6)41-28-15-11-26(12-16-28)33(48)47-23-27(24-17-19-46(20-18-24)57(8,52)53)21-31(47)32-40-22-30(43-32)25-9-13-29(14-10-25)42-35(49)54-7/h9-16,22,24,27,31H,17-21,23H2,1-8H3,(H,40,43)(H,42,49)(H2,41,44,45,50,51)/t27-,31-/m1/s1. The van der Waals surface area contributed by atoms with Crippen LogP contribution in [-0.4, -0.2) is 102 Å². The second kappa shape index (κ2) is 17.3. The molecule has 0 unspecified atom stereocenters. The van der Waals surface area contributed by atoms with Crippen LogP contribution in [0.25, 0.3) is 11.3 Å². The lowest BCUT2D eigenvalue weighted by Gasteiger charge is -2.33. The molecule has 2 fully saturated rings. The van der Waals surface area contributed by atoms with Crippen LogP contribution in [0.1, 0.15) is 83.0 Å². The van der Waals surface area contributed by atoms with Gasteiger partial charge in [0.05, 0.1) is 37.0 Å². The second-order valence-electron chi connectivity index (χ2n) is 16.1. The minimum absolute atomic E-state index is 0.0992. The Hall–Kier alpha value is -5.49. The summed E-state index contributed by atoms with van der Waals surface area (Å²) in [6.07, 6.45) is 2.68. The fourth-order valence-corrected chi connectivity index (χ4v) is 7.66. The van der Waals surface area contributed by atoms with Gasteiger partial charge >= 0.3 is 18.3 Å². The second-order valence-corrected chi connectivity index (χ2v) is 18.1. The molecule has 2 aliphatic heterocycles. The van der Waals surface area contributed by atoms with Crippen molar-refractivity contribution >= 4 is 51.5 Å². The quantitative estimate of drug-likeness (QED) is 0.121. The van der Waals surface area contributed by atoms with E-state index in [0.29, 0.717) is 61.7 Å². The van der Waals surface area contributed by atoms with Gasteiger partial charge in [0.15, 0.2) is 0 Å². The molecule has 0 aliphatic carbocycles. The van der Waals surface area contributed by atoms with Crippen molar-refractivity contribution < 1.29 is 41.8 Å². The number of amides is 4. The summed E-state index contributed by atoms with van der Waals surface area (Å²) in [5, 5.41) is 7.53. The van der Waals surface area contributed by atoms with Gasteiger partial charge in [0.1, 0.15) is 17.0 Å². The number of imidazole rings is 1. The molecule has 3 heterocycles. The van der Waals surface area contributed by atoms with Crippen molar-refractivity contribution in [3.05, 3.63) is 66.1 Å². The molecular weight excluding hydrogens is 757 g/mol. The van der Waals surface area contributed by atoms with E-state index >= 15 is 0 Å². The van der Waals surface area contributed by atoms with E-state index in [9.17, 15) is 27.6 Å². The van der Waals surface area contributed by atoms with Gasteiger partial charge in [-0.3, -0.25) is 20.7 Å². The van der Waals surface area contributed by atoms with Crippen molar-refractivity contribution in [2.24, 2.45) is 16.8 Å². The van der Waals surface area contributed by atoms with Gasteiger partial charge in [0, 0.05) is 30.9 Å².